The molecule has 0 spiro atoms. The van der Waals surface area contributed by atoms with Crippen LogP contribution in [0.25, 0.3) is 10.8 Å². The van der Waals surface area contributed by atoms with E-state index in [2.05, 4.69) is 4.74 Å². The number of hydrogen-bond acceptors (Lipinski definition) is 3. The van der Waals surface area contributed by atoms with Crippen LogP contribution in [0, 0.1) is 11.6 Å². The maximum atomic E-state index is 14.0. The van der Waals surface area contributed by atoms with Crippen LogP contribution >= 0.6 is 0 Å². The number of fused-ring (bicyclic) bond motifs is 2. The number of cyclic esters (lactones) is 2. The van der Waals surface area contributed by atoms with Crippen molar-refractivity contribution < 1.29 is 23.1 Å². The summed E-state index contributed by atoms with van der Waals surface area (Å²) in [5, 5.41) is -0.0919. The van der Waals surface area contributed by atoms with Crippen molar-refractivity contribution >= 4 is 22.7 Å². The maximum absolute atomic E-state index is 14.0. The summed E-state index contributed by atoms with van der Waals surface area (Å²) in [6.07, 6.45) is 0. The Hall–Kier alpha value is -2.30. The zero-order valence-electron chi connectivity index (χ0n) is 8.29. The van der Waals surface area contributed by atoms with Gasteiger partial charge in [-0.15, -0.1) is 0 Å². The molecule has 0 saturated carbocycles. The molecule has 1 aliphatic heterocycles. The highest BCUT2D eigenvalue weighted by Crippen LogP contribution is 2.32. The number of halogens is 2. The van der Waals surface area contributed by atoms with Gasteiger partial charge in [0.15, 0.2) is 0 Å². The molecule has 0 unspecified atom stereocenters. The lowest BCUT2D eigenvalue weighted by Crippen LogP contribution is -2.01. The van der Waals surface area contributed by atoms with Crippen LogP contribution < -0.4 is 0 Å². The molecule has 17 heavy (non-hydrogen) atoms. The molecule has 0 aliphatic carbocycles. The predicted molar refractivity (Wildman–Crippen MR) is 53.6 cm³/mol. The standard InChI is InChI=1S/C12H4F2O3/c13-9-5-3-1-2-4-6(5)10(14)8-7(9)11(15)17-12(8)16/h1-4H. The smallest absolute Gasteiger partial charge is 0.350 e. The van der Waals surface area contributed by atoms with E-state index < -0.39 is 34.7 Å². The van der Waals surface area contributed by atoms with Crippen molar-refractivity contribution in [2.24, 2.45) is 0 Å². The summed E-state index contributed by atoms with van der Waals surface area (Å²) in [7, 11) is 0. The molecule has 0 aromatic heterocycles. The molecule has 84 valence electrons. The Morgan fingerprint density at radius 3 is 1.65 bits per heavy atom. The quantitative estimate of drug-likeness (QED) is 0.519. The van der Waals surface area contributed by atoms with Gasteiger partial charge >= 0.3 is 11.9 Å². The fraction of sp³-hybridized carbons (Fsp3) is 0. The van der Waals surface area contributed by atoms with Crippen molar-refractivity contribution in [1.29, 1.82) is 0 Å². The van der Waals surface area contributed by atoms with Gasteiger partial charge in [-0.05, 0) is 0 Å². The highest BCUT2D eigenvalue weighted by Gasteiger charge is 2.37. The third-order valence-electron chi connectivity index (χ3n) is 2.68. The van der Waals surface area contributed by atoms with E-state index in [-0.39, 0.29) is 10.8 Å². The van der Waals surface area contributed by atoms with Crippen molar-refractivity contribution in [1.82, 2.24) is 0 Å². The molecule has 0 N–H and O–H groups in total. The van der Waals surface area contributed by atoms with E-state index in [4.69, 9.17) is 0 Å². The zero-order chi connectivity index (χ0) is 12.2. The summed E-state index contributed by atoms with van der Waals surface area (Å²) in [5.74, 6) is -4.14. The Bertz CT molecular complexity index is 633. The lowest BCUT2D eigenvalue weighted by atomic mass is 10.0. The molecular weight excluding hydrogens is 230 g/mol. The Morgan fingerprint density at radius 2 is 1.24 bits per heavy atom. The first kappa shape index (κ1) is 9.89. The van der Waals surface area contributed by atoms with Gasteiger partial charge in [0.05, 0.1) is 0 Å². The lowest BCUT2D eigenvalue weighted by molar-refractivity contribution is 0.0441. The highest BCUT2D eigenvalue weighted by molar-refractivity contribution is 6.17. The summed E-state index contributed by atoms with van der Waals surface area (Å²) in [4.78, 5) is 22.5. The summed E-state index contributed by atoms with van der Waals surface area (Å²) >= 11 is 0. The van der Waals surface area contributed by atoms with Crippen LogP contribution in [-0.4, -0.2) is 11.9 Å². The van der Waals surface area contributed by atoms with E-state index in [1.807, 2.05) is 0 Å². The molecule has 5 heteroatoms. The number of carbonyl (C=O) groups excluding carboxylic acids is 2. The Balaban J connectivity index is 2.57. The fourth-order valence-electron chi connectivity index (χ4n) is 1.92. The van der Waals surface area contributed by atoms with Crippen LogP contribution in [0.4, 0.5) is 8.78 Å². The van der Waals surface area contributed by atoms with Crippen molar-refractivity contribution in [3.8, 4) is 0 Å². The van der Waals surface area contributed by atoms with Gasteiger partial charge in [-0.25, -0.2) is 18.4 Å². The summed E-state index contributed by atoms with van der Waals surface area (Å²) in [6, 6.07) is 5.70. The summed E-state index contributed by atoms with van der Waals surface area (Å²) < 4.78 is 32.1. The number of hydrogen-bond donors (Lipinski definition) is 0. The van der Waals surface area contributed by atoms with Crippen LogP contribution in [0.5, 0.6) is 0 Å². The van der Waals surface area contributed by atoms with Crippen molar-refractivity contribution in [3.63, 3.8) is 0 Å². The first-order valence-corrected chi connectivity index (χ1v) is 4.77. The number of esters is 2. The second kappa shape index (κ2) is 3.10. The predicted octanol–water partition coefficient (Wildman–Crippen LogP) is 2.43. The molecule has 3 rings (SSSR count). The third kappa shape index (κ3) is 1.13. The second-order valence-corrected chi connectivity index (χ2v) is 3.60. The van der Waals surface area contributed by atoms with E-state index in [1.54, 1.807) is 0 Å². The number of carbonyl (C=O) groups is 2. The van der Waals surface area contributed by atoms with Crippen LogP contribution in [-0.2, 0) is 4.74 Å². The monoisotopic (exact) mass is 234 g/mol. The minimum Gasteiger partial charge on any atom is -0.385 e. The Kier molecular flexibility index (Phi) is 1.80. The second-order valence-electron chi connectivity index (χ2n) is 3.60. The molecule has 0 atom stereocenters. The Morgan fingerprint density at radius 1 is 0.824 bits per heavy atom. The van der Waals surface area contributed by atoms with Gasteiger partial charge in [0.2, 0.25) is 0 Å². The lowest BCUT2D eigenvalue weighted by Gasteiger charge is -2.04. The molecule has 2 aromatic carbocycles. The van der Waals surface area contributed by atoms with E-state index in [0.717, 1.165) is 0 Å². The normalized spacial score (nSPS) is 14.0. The van der Waals surface area contributed by atoms with Gasteiger partial charge < -0.3 is 4.74 Å². The minimum atomic E-state index is -1.15. The SMILES string of the molecule is O=C1OC(=O)c2c1c(F)c1ccccc1c2F. The molecule has 1 heterocycles. The summed E-state index contributed by atoms with van der Waals surface area (Å²) in [5.41, 5.74) is -1.24. The number of benzene rings is 2. The minimum absolute atomic E-state index is 0.0459. The summed E-state index contributed by atoms with van der Waals surface area (Å²) in [6.45, 7) is 0. The number of rotatable bonds is 0. The van der Waals surface area contributed by atoms with Crippen LogP contribution in [0.15, 0.2) is 24.3 Å². The maximum Gasteiger partial charge on any atom is 0.350 e. The van der Waals surface area contributed by atoms with E-state index >= 15 is 0 Å². The topological polar surface area (TPSA) is 43.4 Å². The van der Waals surface area contributed by atoms with E-state index in [1.165, 1.54) is 24.3 Å². The molecule has 3 nitrogen and oxygen atoms in total. The van der Waals surface area contributed by atoms with Crippen molar-refractivity contribution in [2.75, 3.05) is 0 Å². The average molecular weight is 234 g/mol. The third-order valence-corrected chi connectivity index (χ3v) is 2.68. The largest absolute Gasteiger partial charge is 0.385 e. The van der Waals surface area contributed by atoms with Crippen LogP contribution in [0.1, 0.15) is 20.7 Å². The molecule has 2 aromatic rings. The van der Waals surface area contributed by atoms with Crippen LogP contribution in [0.3, 0.4) is 0 Å². The fourth-order valence-corrected chi connectivity index (χ4v) is 1.92. The van der Waals surface area contributed by atoms with Crippen LogP contribution in [0.2, 0.25) is 0 Å². The molecular formula is C12H4F2O3. The van der Waals surface area contributed by atoms with Gasteiger partial charge in [0.1, 0.15) is 22.8 Å². The molecule has 1 aliphatic rings. The molecule has 0 amide bonds. The number of ether oxygens (including phenoxy) is 1. The zero-order valence-corrected chi connectivity index (χ0v) is 8.29. The van der Waals surface area contributed by atoms with E-state index in [9.17, 15) is 18.4 Å². The molecule has 0 radical (unpaired) electrons. The van der Waals surface area contributed by atoms with E-state index in [0.29, 0.717) is 0 Å². The molecule has 0 bridgehead atoms. The van der Waals surface area contributed by atoms with Gasteiger partial charge in [0, 0.05) is 10.8 Å². The first-order valence-electron chi connectivity index (χ1n) is 4.77. The highest BCUT2D eigenvalue weighted by atomic mass is 19.1. The van der Waals surface area contributed by atoms with Gasteiger partial charge in [-0.2, -0.15) is 0 Å². The Labute approximate surface area is 93.6 Å². The van der Waals surface area contributed by atoms with Gasteiger partial charge in [-0.3, -0.25) is 0 Å². The molecule has 0 fully saturated rings. The van der Waals surface area contributed by atoms with Crippen molar-refractivity contribution in [3.05, 3.63) is 47.0 Å². The van der Waals surface area contributed by atoms with Crippen molar-refractivity contribution in [2.45, 2.75) is 0 Å². The average Bonchev–Trinajstić information content (AvgIpc) is 2.62. The first-order chi connectivity index (χ1) is 8.11. The van der Waals surface area contributed by atoms with Gasteiger partial charge in [0.25, 0.3) is 0 Å². The van der Waals surface area contributed by atoms with Gasteiger partial charge in [-0.1, -0.05) is 24.3 Å². The molecule has 0 saturated heterocycles.